The Morgan fingerprint density at radius 3 is 2.50 bits per heavy atom. The van der Waals surface area contributed by atoms with Gasteiger partial charge in [-0.15, -0.1) is 0 Å². The second kappa shape index (κ2) is 8.72. The van der Waals surface area contributed by atoms with Gasteiger partial charge >= 0.3 is 5.97 Å². The molecule has 24 heavy (non-hydrogen) atoms. The molecular formula is C19H21NO4. The summed E-state index contributed by atoms with van der Waals surface area (Å²) in [4.78, 5) is 23.6. The van der Waals surface area contributed by atoms with Crippen molar-refractivity contribution in [3.05, 3.63) is 59.7 Å². The van der Waals surface area contributed by atoms with E-state index in [4.69, 9.17) is 9.47 Å². The van der Waals surface area contributed by atoms with E-state index in [-0.39, 0.29) is 18.9 Å². The first-order valence-corrected chi connectivity index (χ1v) is 7.80. The maximum Gasteiger partial charge on any atom is 0.310 e. The van der Waals surface area contributed by atoms with Crippen LogP contribution in [0.5, 0.6) is 5.75 Å². The summed E-state index contributed by atoms with van der Waals surface area (Å²) in [6.07, 6.45) is 0.115. The van der Waals surface area contributed by atoms with Gasteiger partial charge in [0.15, 0.2) is 6.61 Å². The zero-order chi connectivity index (χ0) is 17.4. The highest BCUT2D eigenvalue weighted by Crippen LogP contribution is 2.13. The molecule has 0 aliphatic rings. The zero-order valence-corrected chi connectivity index (χ0v) is 13.9. The highest BCUT2D eigenvalue weighted by atomic mass is 16.5. The molecule has 5 nitrogen and oxygen atoms in total. The van der Waals surface area contributed by atoms with Crippen molar-refractivity contribution >= 4 is 17.6 Å². The third kappa shape index (κ3) is 5.76. The minimum Gasteiger partial charge on any atom is -0.494 e. The van der Waals surface area contributed by atoms with Crippen molar-refractivity contribution in [3.8, 4) is 5.75 Å². The van der Waals surface area contributed by atoms with Crippen LogP contribution in [0.2, 0.25) is 0 Å². The number of carbonyl (C=O) groups is 2. The van der Waals surface area contributed by atoms with Gasteiger partial charge in [-0.3, -0.25) is 9.59 Å². The van der Waals surface area contributed by atoms with Crippen molar-refractivity contribution in [1.29, 1.82) is 0 Å². The van der Waals surface area contributed by atoms with E-state index in [1.165, 1.54) is 0 Å². The van der Waals surface area contributed by atoms with Crippen LogP contribution in [0.4, 0.5) is 5.69 Å². The van der Waals surface area contributed by atoms with Crippen molar-refractivity contribution in [1.82, 2.24) is 0 Å². The number of anilines is 1. The van der Waals surface area contributed by atoms with Crippen LogP contribution in [0.3, 0.4) is 0 Å². The van der Waals surface area contributed by atoms with E-state index in [9.17, 15) is 9.59 Å². The zero-order valence-electron chi connectivity index (χ0n) is 13.9. The van der Waals surface area contributed by atoms with Gasteiger partial charge in [-0.2, -0.15) is 0 Å². The minimum atomic E-state index is -0.446. The van der Waals surface area contributed by atoms with E-state index in [1.807, 2.05) is 32.0 Å². The van der Waals surface area contributed by atoms with Crippen molar-refractivity contribution in [2.45, 2.75) is 20.3 Å². The Morgan fingerprint density at radius 1 is 1.08 bits per heavy atom. The van der Waals surface area contributed by atoms with E-state index in [1.54, 1.807) is 30.3 Å². The van der Waals surface area contributed by atoms with Crippen LogP contribution in [0.15, 0.2) is 48.5 Å². The summed E-state index contributed by atoms with van der Waals surface area (Å²) < 4.78 is 10.3. The highest BCUT2D eigenvalue weighted by molar-refractivity contribution is 5.92. The number of hydrogen-bond donors (Lipinski definition) is 1. The first-order valence-electron chi connectivity index (χ1n) is 7.80. The molecule has 126 valence electrons. The Hall–Kier alpha value is -2.82. The van der Waals surface area contributed by atoms with Gasteiger partial charge in [-0.1, -0.05) is 24.3 Å². The molecule has 0 radical (unpaired) electrons. The predicted octanol–water partition coefficient (Wildman–Crippen LogP) is 3.12. The Kier molecular flexibility index (Phi) is 6.37. The highest BCUT2D eigenvalue weighted by Gasteiger charge is 2.09. The van der Waals surface area contributed by atoms with E-state index >= 15 is 0 Å². The van der Waals surface area contributed by atoms with Gasteiger partial charge in [0.2, 0.25) is 0 Å². The molecule has 0 aromatic heterocycles. The molecule has 0 fully saturated rings. The average molecular weight is 327 g/mol. The van der Waals surface area contributed by atoms with Crippen LogP contribution in [0.1, 0.15) is 18.1 Å². The van der Waals surface area contributed by atoms with Crippen LogP contribution >= 0.6 is 0 Å². The van der Waals surface area contributed by atoms with Crippen molar-refractivity contribution in [3.63, 3.8) is 0 Å². The number of aryl methyl sites for hydroxylation is 1. The standard InChI is InChI=1S/C19H21NO4/c1-3-23-17-9-7-15(8-10-17)12-19(22)24-13-18(21)20-16-6-4-5-14(2)11-16/h4-11H,3,12-13H2,1-2H3,(H,20,21). The maximum atomic E-state index is 11.8. The fourth-order valence-corrected chi connectivity index (χ4v) is 2.15. The normalized spacial score (nSPS) is 10.1. The molecule has 2 aromatic rings. The van der Waals surface area contributed by atoms with Crippen LogP contribution in [-0.2, 0) is 20.7 Å². The van der Waals surface area contributed by atoms with Gasteiger partial charge in [0.05, 0.1) is 13.0 Å². The third-order valence-electron chi connectivity index (χ3n) is 3.25. The predicted molar refractivity (Wildman–Crippen MR) is 92.1 cm³/mol. The lowest BCUT2D eigenvalue weighted by Crippen LogP contribution is -2.21. The van der Waals surface area contributed by atoms with E-state index < -0.39 is 5.97 Å². The largest absolute Gasteiger partial charge is 0.494 e. The van der Waals surface area contributed by atoms with Crippen LogP contribution < -0.4 is 10.1 Å². The summed E-state index contributed by atoms with van der Waals surface area (Å²) in [5.41, 5.74) is 2.53. The average Bonchev–Trinajstić information content (AvgIpc) is 2.55. The van der Waals surface area contributed by atoms with Gasteiger partial charge < -0.3 is 14.8 Å². The molecule has 0 heterocycles. The fourth-order valence-electron chi connectivity index (χ4n) is 2.15. The smallest absolute Gasteiger partial charge is 0.310 e. The second-order valence-corrected chi connectivity index (χ2v) is 5.33. The molecule has 0 atom stereocenters. The van der Waals surface area contributed by atoms with Crippen molar-refractivity contribution < 1.29 is 19.1 Å². The molecular weight excluding hydrogens is 306 g/mol. The molecule has 0 unspecified atom stereocenters. The molecule has 1 N–H and O–H groups in total. The first-order chi connectivity index (χ1) is 11.6. The molecule has 0 aliphatic heterocycles. The number of nitrogens with one attached hydrogen (secondary N) is 1. The monoisotopic (exact) mass is 327 g/mol. The van der Waals surface area contributed by atoms with Crippen LogP contribution in [0.25, 0.3) is 0 Å². The van der Waals surface area contributed by atoms with Gasteiger partial charge in [0.1, 0.15) is 5.75 Å². The lowest BCUT2D eigenvalue weighted by atomic mass is 10.1. The lowest BCUT2D eigenvalue weighted by Gasteiger charge is -2.08. The molecule has 2 aromatic carbocycles. The Bertz CT molecular complexity index is 695. The van der Waals surface area contributed by atoms with Gasteiger partial charge in [0, 0.05) is 5.69 Å². The van der Waals surface area contributed by atoms with Gasteiger partial charge in [-0.25, -0.2) is 0 Å². The van der Waals surface area contributed by atoms with E-state index in [2.05, 4.69) is 5.32 Å². The van der Waals surface area contributed by atoms with E-state index in [0.29, 0.717) is 12.3 Å². The molecule has 0 saturated heterocycles. The van der Waals surface area contributed by atoms with Crippen LogP contribution in [0, 0.1) is 6.92 Å². The van der Waals surface area contributed by atoms with Gasteiger partial charge in [0.25, 0.3) is 5.91 Å². The van der Waals surface area contributed by atoms with Crippen molar-refractivity contribution in [2.75, 3.05) is 18.5 Å². The number of rotatable bonds is 7. The molecule has 0 saturated carbocycles. The summed E-state index contributed by atoms with van der Waals surface area (Å²) in [6.45, 7) is 4.14. The van der Waals surface area contributed by atoms with Crippen molar-refractivity contribution in [2.24, 2.45) is 0 Å². The fraction of sp³-hybridized carbons (Fsp3) is 0.263. The molecule has 5 heteroatoms. The lowest BCUT2D eigenvalue weighted by molar-refractivity contribution is -0.146. The topological polar surface area (TPSA) is 64.6 Å². The number of esters is 1. The Morgan fingerprint density at radius 2 is 1.83 bits per heavy atom. The molecule has 0 aliphatic carbocycles. The van der Waals surface area contributed by atoms with Crippen LogP contribution in [-0.4, -0.2) is 25.1 Å². The number of hydrogen-bond acceptors (Lipinski definition) is 4. The summed E-state index contributed by atoms with van der Waals surface area (Å²) in [6, 6.07) is 14.6. The number of carbonyl (C=O) groups excluding carboxylic acids is 2. The molecule has 1 amide bonds. The second-order valence-electron chi connectivity index (χ2n) is 5.33. The van der Waals surface area contributed by atoms with Gasteiger partial charge in [-0.05, 0) is 49.2 Å². The quantitative estimate of drug-likeness (QED) is 0.794. The summed E-state index contributed by atoms with van der Waals surface area (Å²) in [5.74, 6) is -0.0497. The summed E-state index contributed by atoms with van der Waals surface area (Å²) >= 11 is 0. The summed E-state index contributed by atoms with van der Waals surface area (Å²) in [7, 11) is 0. The molecule has 0 spiro atoms. The third-order valence-corrected chi connectivity index (χ3v) is 3.25. The Balaban J connectivity index is 1.77. The number of amides is 1. The molecule has 2 rings (SSSR count). The molecule has 0 bridgehead atoms. The Labute approximate surface area is 141 Å². The maximum absolute atomic E-state index is 11.8. The van der Waals surface area contributed by atoms with E-state index in [0.717, 1.165) is 16.9 Å². The summed E-state index contributed by atoms with van der Waals surface area (Å²) in [5, 5.41) is 2.69. The number of benzene rings is 2. The number of ether oxygens (including phenoxy) is 2. The minimum absolute atomic E-state index is 0.115. The first kappa shape index (κ1) is 17.5. The SMILES string of the molecule is CCOc1ccc(CC(=O)OCC(=O)Nc2cccc(C)c2)cc1.